The molecule has 0 N–H and O–H groups in total. The van der Waals surface area contributed by atoms with Gasteiger partial charge in [0.25, 0.3) is 12.3 Å². The van der Waals surface area contributed by atoms with Gasteiger partial charge in [-0.2, -0.15) is 5.26 Å². The van der Waals surface area contributed by atoms with Gasteiger partial charge >= 0.3 is 0 Å². The largest absolute Gasteiger partial charge is 0.337 e. The van der Waals surface area contributed by atoms with Gasteiger partial charge in [0.15, 0.2) is 5.65 Å². The van der Waals surface area contributed by atoms with E-state index in [4.69, 9.17) is 0 Å². The third-order valence-corrected chi connectivity index (χ3v) is 5.92. The number of rotatable bonds is 3. The summed E-state index contributed by atoms with van der Waals surface area (Å²) in [6.07, 6.45) is 5.92. The molecule has 1 saturated carbocycles. The quantitative estimate of drug-likeness (QED) is 0.843. The molecule has 0 radical (unpaired) electrons. The van der Waals surface area contributed by atoms with E-state index in [1.54, 1.807) is 4.90 Å². The van der Waals surface area contributed by atoms with Gasteiger partial charge in [0, 0.05) is 25.5 Å². The first kappa shape index (κ1) is 16.9. The fourth-order valence-electron chi connectivity index (χ4n) is 4.12. The van der Waals surface area contributed by atoms with Crippen LogP contribution in [0.5, 0.6) is 0 Å². The summed E-state index contributed by atoms with van der Waals surface area (Å²) in [5.41, 5.74) is -0.766. The van der Waals surface area contributed by atoms with Crippen LogP contribution < -0.4 is 0 Å². The average molecular weight is 359 g/mol. The Balaban J connectivity index is 1.60. The maximum Gasteiger partial charge on any atom is 0.282 e. The number of carbonyl (C=O) groups is 1. The van der Waals surface area contributed by atoms with Crippen molar-refractivity contribution in [1.82, 2.24) is 19.3 Å². The summed E-state index contributed by atoms with van der Waals surface area (Å²) in [6, 6.07) is 2.49. The molecule has 1 aliphatic heterocycles. The normalized spacial score (nSPS) is 20.2. The molecule has 1 saturated heterocycles. The Morgan fingerprint density at radius 1 is 1.35 bits per heavy atom. The number of imidazole rings is 1. The van der Waals surface area contributed by atoms with Gasteiger partial charge in [-0.3, -0.25) is 14.2 Å². The van der Waals surface area contributed by atoms with Crippen molar-refractivity contribution >= 4 is 11.6 Å². The van der Waals surface area contributed by atoms with Gasteiger partial charge in [-0.15, -0.1) is 0 Å². The van der Waals surface area contributed by atoms with Crippen molar-refractivity contribution in [2.24, 2.45) is 11.3 Å². The molecule has 1 amide bonds. The molecule has 6 nitrogen and oxygen atoms in total. The summed E-state index contributed by atoms with van der Waals surface area (Å²) < 4.78 is 28.2. The van der Waals surface area contributed by atoms with Gasteiger partial charge in [-0.1, -0.05) is 6.42 Å². The molecule has 8 heteroatoms. The third-order valence-electron chi connectivity index (χ3n) is 5.92. The predicted molar refractivity (Wildman–Crippen MR) is 88.5 cm³/mol. The summed E-state index contributed by atoms with van der Waals surface area (Å²) >= 11 is 0. The molecule has 1 aliphatic carbocycles. The van der Waals surface area contributed by atoms with E-state index in [2.05, 4.69) is 16.0 Å². The van der Waals surface area contributed by atoms with Gasteiger partial charge < -0.3 is 4.90 Å². The number of aromatic nitrogens is 3. The van der Waals surface area contributed by atoms with Crippen molar-refractivity contribution in [2.45, 2.75) is 38.5 Å². The van der Waals surface area contributed by atoms with E-state index in [0.717, 1.165) is 19.3 Å². The van der Waals surface area contributed by atoms with Crippen molar-refractivity contribution in [3.63, 3.8) is 0 Å². The molecule has 2 aromatic rings. The van der Waals surface area contributed by atoms with Crippen LogP contribution in [0.2, 0.25) is 0 Å². The van der Waals surface area contributed by atoms with Crippen LogP contribution in [-0.2, 0) is 0 Å². The smallest absolute Gasteiger partial charge is 0.282 e. The molecule has 26 heavy (non-hydrogen) atoms. The van der Waals surface area contributed by atoms with E-state index in [0.29, 0.717) is 31.8 Å². The van der Waals surface area contributed by atoms with Gasteiger partial charge in [0.2, 0.25) is 0 Å². The number of nitrogens with zero attached hydrogens (tertiary/aromatic N) is 5. The second-order valence-electron chi connectivity index (χ2n) is 7.14. The minimum Gasteiger partial charge on any atom is -0.337 e. The number of nitriles is 1. The van der Waals surface area contributed by atoms with Crippen molar-refractivity contribution in [2.75, 3.05) is 13.1 Å². The molecule has 0 bridgehead atoms. The summed E-state index contributed by atoms with van der Waals surface area (Å²) in [5.74, 6) is -0.0533. The van der Waals surface area contributed by atoms with E-state index >= 15 is 0 Å². The summed E-state index contributed by atoms with van der Waals surface area (Å²) in [4.78, 5) is 22.3. The first-order valence-electron chi connectivity index (χ1n) is 8.86. The molecule has 2 aliphatic rings. The highest BCUT2D eigenvalue weighted by Gasteiger charge is 2.45. The Bertz CT molecular complexity index is 875. The Morgan fingerprint density at radius 3 is 2.65 bits per heavy atom. The molecule has 2 aromatic heterocycles. The molecular weight excluding hydrogens is 340 g/mol. The molecule has 0 aromatic carbocycles. The van der Waals surface area contributed by atoms with Crippen molar-refractivity contribution in [3.05, 3.63) is 30.0 Å². The maximum atomic E-state index is 13.4. The van der Waals surface area contributed by atoms with E-state index in [1.165, 1.54) is 23.0 Å². The highest BCUT2D eigenvalue weighted by molar-refractivity contribution is 5.95. The molecule has 3 heterocycles. The zero-order chi connectivity index (χ0) is 18.3. The maximum absolute atomic E-state index is 13.4. The lowest BCUT2D eigenvalue weighted by atomic mass is 9.61. The average Bonchev–Trinajstić information content (AvgIpc) is 3.00. The van der Waals surface area contributed by atoms with Crippen LogP contribution in [0, 0.1) is 22.7 Å². The number of alkyl halides is 2. The highest BCUT2D eigenvalue weighted by atomic mass is 19.3. The minimum absolute atomic E-state index is 0.106. The second-order valence-corrected chi connectivity index (χ2v) is 7.14. The van der Waals surface area contributed by atoms with E-state index in [1.807, 2.05) is 0 Å². The van der Waals surface area contributed by atoms with Crippen molar-refractivity contribution in [3.8, 4) is 6.07 Å². The van der Waals surface area contributed by atoms with E-state index in [-0.39, 0.29) is 16.8 Å². The number of amides is 1. The molecule has 136 valence electrons. The first-order chi connectivity index (χ1) is 12.6. The number of hydrogen-bond acceptors (Lipinski definition) is 4. The topological polar surface area (TPSA) is 74.3 Å². The van der Waals surface area contributed by atoms with Crippen molar-refractivity contribution in [1.29, 1.82) is 5.26 Å². The number of carbonyl (C=O) groups excluding carboxylic acids is 1. The molecule has 0 atom stereocenters. The minimum atomic E-state index is -2.84. The molecule has 4 rings (SSSR count). The summed E-state index contributed by atoms with van der Waals surface area (Å²) in [6.45, 7) is 0.813. The van der Waals surface area contributed by atoms with Crippen LogP contribution in [0.3, 0.4) is 0 Å². The lowest BCUT2D eigenvalue weighted by molar-refractivity contribution is 0.0410. The lowest BCUT2D eigenvalue weighted by Gasteiger charge is -2.45. The van der Waals surface area contributed by atoms with Gasteiger partial charge in [-0.25, -0.2) is 13.8 Å². The van der Waals surface area contributed by atoms with Crippen LogP contribution in [0.15, 0.2) is 18.6 Å². The first-order valence-corrected chi connectivity index (χ1v) is 8.86. The standard InChI is InChI=1S/C18H19F2N5O/c19-16(20)14-15(25-9-6-22-10-13(25)23-14)17(26)24-7-4-18(11-21,5-8-24)12-2-1-3-12/h6,9-10,12,16H,1-5,7-8H2. The zero-order valence-corrected chi connectivity index (χ0v) is 14.2. The summed E-state index contributed by atoms with van der Waals surface area (Å²) in [7, 11) is 0. The van der Waals surface area contributed by atoms with Crippen LogP contribution in [0.1, 0.15) is 54.7 Å². The van der Waals surface area contributed by atoms with Gasteiger partial charge in [-0.05, 0) is 31.6 Å². The molecule has 2 fully saturated rings. The van der Waals surface area contributed by atoms with Gasteiger partial charge in [0.05, 0.1) is 17.7 Å². The Labute approximate surface area is 149 Å². The Hall–Kier alpha value is -2.56. The zero-order valence-electron chi connectivity index (χ0n) is 14.2. The number of fused-ring (bicyclic) bond motifs is 1. The van der Waals surface area contributed by atoms with Crippen LogP contribution in [0.25, 0.3) is 5.65 Å². The van der Waals surface area contributed by atoms with E-state index < -0.39 is 18.0 Å². The van der Waals surface area contributed by atoms with Crippen LogP contribution in [0.4, 0.5) is 8.78 Å². The van der Waals surface area contributed by atoms with Gasteiger partial charge in [0.1, 0.15) is 11.4 Å². The van der Waals surface area contributed by atoms with Crippen LogP contribution in [-0.4, -0.2) is 38.3 Å². The second kappa shape index (κ2) is 6.31. The molecule has 0 spiro atoms. The predicted octanol–water partition coefficient (Wildman–Crippen LogP) is 3.21. The fraction of sp³-hybridized carbons (Fsp3) is 0.556. The molecular formula is C18H19F2N5O. The molecule has 0 unspecified atom stereocenters. The number of hydrogen-bond donors (Lipinski definition) is 0. The Kier molecular flexibility index (Phi) is 4.10. The number of likely N-dealkylation sites (tertiary alicyclic amines) is 1. The SMILES string of the molecule is N#CC1(C2CCC2)CCN(C(=O)c2c(C(F)F)nc3cnccn23)CC1. The lowest BCUT2D eigenvalue weighted by Crippen LogP contribution is -2.47. The highest BCUT2D eigenvalue weighted by Crippen LogP contribution is 2.48. The monoisotopic (exact) mass is 359 g/mol. The summed E-state index contributed by atoms with van der Waals surface area (Å²) in [5, 5.41) is 9.67. The third kappa shape index (κ3) is 2.54. The van der Waals surface area contributed by atoms with Crippen LogP contribution >= 0.6 is 0 Å². The Morgan fingerprint density at radius 2 is 2.08 bits per heavy atom. The fourth-order valence-corrected chi connectivity index (χ4v) is 4.12. The van der Waals surface area contributed by atoms with Crippen molar-refractivity contribution < 1.29 is 13.6 Å². The number of halogens is 2. The number of piperidine rings is 1. The van der Waals surface area contributed by atoms with E-state index in [9.17, 15) is 18.8 Å².